The Morgan fingerprint density at radius 1 is 0.812 bits per heavy atom. The first-order valence-electron chi connectivity index (χ1n) is 6.79. The van der Waals surface area contributed by atoms with Crippen molar-refractivity contribution in [2.75, 3.05) is 0 Å². The van der Waals surface area contributed by atoms with Crippen molar-refractivity contribution in [2.24, 2.45) is 0 Å². The van der Waals surface area contributed by atoms with Crippen LogP contribution in [0, 0.1) is 0 Å². The zero-order valence-electron chi connectivity index (χ0n) is 10.7. The largest absolute Gasteiger partial charge is 0.295 e. The van der Waals surface area contributed by atoms with Crippen molar-refractivity contribution >= 4 is 12.1 Å². The van der Waals surface area contributed by atoms with Crippen LogP contribution in [0.2, 0.25) is 0 Å². The van der Waals surface area contributed by atoms with Gasteiger partial charge in [-0.1, -0.05) is 64.7 Å². The van der Waals surface area contributed by atoms with E-state index in [-0.39, 0.29) is 5.78 Å². The molecule has 0 unspecified atom stereocenters. The van der Waals surface area contributed by atoms with Crippen molar-refractivity contribution in [1.82, 2.24) is 0 Å². The molecular formula is C14H26O2. The highest BCUT2D eigenvalue weighted by Crippen LogP contribution is 2.11. The van der Waals surface area contributed by atoms with E-state index < -0.39 is 0 Å². The van der Waals surface area contributed by atoms with E-state index >= 15 is 0 Å². The molecule has 0 N–H and O–H groups in total. The van der Waals surface area contributed by atoms with Crippen LogP contribution in [0.15, 0.2) is 0 Å². The Morgan fingerprint density at radius 2 is 1.25 bits per heavy atom. The maximum atomic E-state index is 10.7. The molecule has 0 rings (SSSR count). The highest BCUT2D eigenvalue weighted by atomic mass is 16.2. The molecule has 0 aliphatic rings. The summed E-state index contributed by atoms with van der Waals surface area (Å²) in [5, 5.41) is 0. The van der Waals surface area contributed by atoms with E-state index in [1.807, 2.05) is 0 Å². The third-order valence-electron chi connectivity index (χ3n) is 2.91. The molecular weight excluding hydrogens is 200 g/mol. The molecule has 0 atom stereocenters. The lowest BCUT2D eigenvalue weighted by molar-refractivity contribution is -0.129. The van der Waals surface area contributed by atoms with Gasteiger partial charge in [0.15, 0.2) is 12.1 Å². The van der Waals surface area contributed by atoms with Crippen LogP contribution in [-0.4, -0.2) is 12.1 Å². The highest BCUT2D eigenvalue weighted by Gasteiger charge is 1.98. The summed E-state index contributed by atoms with van der Waals surface area (Å²) in [6.45, 7) is 2.24. The van der Waals surface area contributed by atoms with Crippen LogP contribution >= 0.6 is 0 Å². The summed E-state index contributed by atoms with van der Waals surface area (Å²) in [4.78, 5) is 20.7. The first kappa shape index (κ1) is 15.3. The van der Waals surface area contributed by atoms with Gasteiger partial charge < -0.3 is 0 Å². The van der Waals surface area contributed by atoms with Gasteiger partial charge in [-0.05, 0) is 6.42 Å². The molecule has 0 bridgehead atoms. The number of Topliss-reactive ketones (excluding diaryl/α,β-unsaturated/α-hetero) is 1. The van der Waals surface area contributed by atoms with Crippen LogP contribution in [0.5, 0.6) is 0 Å². The fraction of sp³-hybridized carbons (Fsp3) is 0.857. The zero-order valence-corrected chi connectivity index (χ0v) is 10.7. The summed E-state index contributed by atoms with van der Waals surface area (Å²) in [7, 11) is 0. The number of rotatable bonds is 12. The van der Waals surface area contributed by atoms with E-state index in [2.05, 4.69) is 6.92 Å². The topological polar surface area (TPSA) is 34.1 Å². The molecule has 2 heteroatoms. The number of carbonyl (C=O) groups excluding carboxylic acids is 2. The second-order valence-electron chi connectivity index (χ2n) is 4.52. The Labute approximate surface area is 99.8 Å². The van der Waals surface area contributed by atoms with Crippen molar-refractivity contribution in [3.63, 3.8) is 0 Å². The van der Waals surface area contributed by atoms with Gasteiger partial charge in [0.25, 0.3) is 0 Å². The fourth-order valence-electron chi connectivity index (χ4n) is 1.85. The molecule has 0 aliphatic heterocycles. The van der Waals surface area contributed by atoms with Gasteiger partial charge in [-0.15, -0.1) is 0 Å². The molecule has 0 spiro atoms. The van der Waals surface area contributed by atoms with Gasteiger partial charge in [-0.2, -0.15) is 0 Å². The van der Waals surface area contributed by atoms with Crippen LogP contribution in [0.4, 0.5) is 0 Å². The van der Waals surface area contributed by atoms with Gasteiger partial charge in [-0.25, -0.2) is 0 Å². The highest BCUT2D eigenvalue weighted by molar-refractivity contribution is 6.24. The summed E-state index contributed by atoms with van der Waals surface area (Å²) < 4.78 is 0. The number of hydrogen-bond acceptors (Lipinski definition) is 2. The van der Waals surface area contributed by atoms with Gasteiger partial charge in [0.1, 0.15) is 0 Å². The second-order valence-corrected chi connectivity index (χ2v) is 4.52. The van der Waals surface area contributed by atoms with Gasteiger partial charge >= 0.3 is 0 Å². The Kier molecular flexibility index (Phi) is 11.9. The van der Waals surface area contributed by atoms with Crippen molar-refractivity contribution in [2.45, 2.75) is 77.6 Å². The molecule has 0 amide bonds. The van der Waals surface area contributed by atoms with Crippen LogP contribution in [0.1, 0.15) is 77.6 Å². The summed E-state index contributed by atoms with van der Waals surface area (Å²) in [5.74, 6) is -0.250. The lowest BCUT2D eigenvalue weighted by Crippen LogP contribution is -1.97. The van der Waals surface area contributed by atoms with Gasteiger partial charge in [-0.3, -0.25) is 9.59 Å². The van der Waals surface area contributed by atoms with Gasteiger partial charge in [0, 0.05) is 6.42 Å². The van der Waals surface area contributed by atoms with E-state index in [1.54, 1.807) is 0 Å². The van der Waals surface area contributed by atoms with Gasteiger partial charge in [0.05, 0.1) is 0 Å². The average molecular weight is 226 g/mol. The molecule has 0 heterocycles. The first-order valence-corrected chi connectivity index (χ1v) is 6.79. The molecule has 2 nitrogen and oxygen atoms in total. The van der Waals surface area contributed by atoms with Crippen molar-refractivity contribution in [3.8, 4) is 0 Å². The Balaban J connectivity index is 2.98. The number of unbranched alkanes of at least 4 members (excludes halogenated alkanes) is 9. The summed E-state index contributed by atoms with van der Waals surface area (Å²) in [6.07, 6.45) is 13.5. The summed E-state index contributed by atoms with van der Waals surface area (Å²) in [5.41, 5.74) is 0. The zero-order chi connectivity index (χ0) is 12.1. The van der Waals surface area contributed by atoms with E-state index in [0.29, 0.717) is 12.7 Å². The molecule has 0 saturated heterocycles. The molecule has 0 aromatic rings. The first-order chi connectivity index (χ1) is 7.81. The monoisotopic (exact) mass is 226 g/mol. The maximum Gasteiger partial charge on any atom is 0.195 e. The SMILES string of the molecule is CCCCCCCCCCCCC(=O)C=O. The minimum Gasteiger partial charge on any atom is -0.295 e. The smallest absolute Gasteiger partial charge is 0.195 e. The molecule has 0 saturated carbocycles. The standard InChI is InChI=1S/C14H26O2/c1-2-3-4-5-6-7-8-9-10-11-12-14(16)13-15/h13H,2-12H2,1H3. The predicted octanol–water partition coefficient (Wildman–Crippen LogP) is 4.07. The Morgan fingerprint density at radius 3 is 1.69 bits per heavy atom. The quantitative estimate of drug-likeness (QED) is 0.285. The number of hydrogen-bond donors (Lipinski definition) is 0. The molecule has 0 aromatic heterocycles. The molecule has 0 radical (unpaired) electrons. The molecule has 0 fully saturated rings. The van der Waals surface area contributed by atoms with Crippen LogP contribution in [-0.2, 0) is 9.59 Å². The molecule has 94 valence electrons. The van der Waals surface area contributed by atoms with E-state index in [0.717, 1.165) is 12.8 Å². The average Bonchev–Trinajstić information content (AvgIpc) is 2.31. The minimum absolute atomic E-state index is 0.250. The fourth-order valence-corrected chi connectivity index (χ4v) is 1.85. The normalized spacial score (nSPS) is 10.3. The third-order valence-corrected chi connectivity index (χ3v) is 2.91. The number of ketones is 1. The Bertz CT molecular complexity index is 176. The lowest BCUT2D eigenvalue weighted by atomic mass is 10.1. The molecule has 0 aliphatic carbocycles. The summed E-state index contributed by atoms with van der Waals surface area (Å²) in [6, 6.07) is 0. The lowest BCUT2D eigenvalue weighted by Gasteiger charge is -2.01. The van der Waals surface area contributed by atoms with E-state index in [1.165, 1.54) is 51.4 Å². The number of carbonyl (C=O) groups is 2. The second kappa shape index (κ2) is 12.4. The maximum absolute atomic E-state index is 10.7. The Hall–Kier alpha value is -0.660. The minimum atomic E-state index is -0.250. The van der Waals surface area contributed by atoms with Gasteiger partial charge in [0.2, 0.25) is 0 Å². The number of aldehydes is 1. The third kappa shape index (κ3) is 11.4. The summed E-state index contributed by atoms with van der Waals surface area (Å²) >= 11 is 0. The molecule has 16 heavy (non-hydrogen) atoms. The predicted molar refractivity (Wildman–Crippen MR) is 67.5 cm³/mol. The van der Waals surface area contributed by atoms with Crippen molar-refractivity contribution in [1.29, 1.82) is 0 Å². The molecule has 0 aromatic carbocycles. The van der Waals surface area contributed by atoms with E-state index in [4.69, 9.17) is 0 Å². The van der Waals surface area contributed by atoms with Crippen LogP contribution in [0.3, 0.4) is 0 Å². The van der Waals surface area contributed by atoms with E-state index in [9.17, 15) is 9.59 Å². The van der Waals surface area contributed by atoms with Crippen LogP contribution in [0.25, 0.3) is 0 Å². The van der Waals surface area contributed by atoms with Crippen LogP contribution < -0.4 is 0 Å². The van der Waals surface area contributed by atoms with Crippen molar-refractivity contribution < 1.29 is 9.59 Å². The van der Waals surface area contributed by atoms with Crippen molar-refractivity contribution in [3.05, 3.63) is 0 Å².